The number of hydrogen-bond acceptors (Lipinski definition) is 13. The van der Waals surface area contributed by atoms with Crippen LogP contribution >= 0.6 is 0 Å². The van der Waals surface area contributed by atoms with Gasteiger partial charge in [-0.2, -0.15) is 0 Å². The number of amides is 5. The molecule has 0 saturated heterocycles. The molecule has 18 nitrogen and oxygen atoms in total. The van der Waals surface area contributed by atoms with Crippen LogP contribution in [0, 0.1) is 0 Å². The molecule has 0 atom stereocenters. The van der Waals surface area contributed by atoms with E-state index in [1.54, 1.807) is 0 Å². The third kappa shape index (κ3) is 33.8. The van der Waals surface area contributed by atoms with Crippen molar-refractivity contribution in [3.8, 4) is 0 Å². The summed E-state index contributed by atoms with van der Waals surface area (Å²) in [7, 11) is 1.53. The molecule has 0 radical (unpaired) electrons. The predicted octanol–water partition coefficient (Wildman–Crippen LogP) is -3.65. The van der Waals surface area contributed by atoms with E-state index in [1.165, 1.54) is 14.0 Å². The molecule has 0 bridgehead atoms. The zero-order chi connectivity index (χ0) is 33.2. The van der Waals surface area contributed by atoms with Crippen LogP contribution in [-0.2, 0) is 61.9 Å². The molecule has 0 saturated carbocycles. The van der Waals surface area contributed by atoms with E-state index in [-0.39, 0.29) is 109 Å². The molecular weight excluding hydrogens is 602 g/mol. The van der Waals surface area contributed by atoms with Crippen LogP contribution in [0.5, 0.6) is 0 Å². The van der Waals surface area contributed by atoms with E-state index in [1.807, 2.05) is 0 Å². The van der Waals surface area contributed by atoms with Gasteiger partial charge in [0, 0.05) is 40.2 Å². The summed E-state index contributed by atoms with van der Waals surface area (Å²) < 4.78 is 41.9. The lowest BCUT2D eigenvalue weighted by Crippen LogP contribution is -2.32. The van der Waals surface area contributed by atoms with Crippen LogP contribution in [0.2, 0.25) is 0 Å². The molecule has 45 heavy (non-hydrogen) atoms. The molecule has 5 amide bonds. The lowest BCUT2D eigenvalue weighted by molar-refractivity contribution is -0.128. The molecule has 18 heteroatoms. The number of carbonyl (C=O) groups is 5. The van der Waals surface area contributed by atoms with Crippen molar-refractivity contribution in [2.75, 3.05) is 139 Å². The van der Waals surface area contributed by atoms with E-state index in [2.05, 4.69) is 26.6 Å². The van der Waals surface area contributed by atoms with Crippen LogP contribution in [-0.4, -0.2) is 168 Å². The Labute approximate surface area is 264 Å². The van der Waals surface area contributed by atoms with Crippen LogP contribution in [0.25, 0.3) is 0 Å². The van der Waals surface area contributed by atoms with Gasteiger partial charge in [-0.1, -0.05) is 0 Å². The highest BCUT2D eigenvalue weighted by Gasteiger charge is 2.04. The number of rotatable bonds is 32. The van der Waals surface area contributed by atoms with Crippen molar-refractivity contribution in [1.29, 1.82) is 0 Å². The standard InChI is InChI=1S/C27H51N5O13/c1-23(33)29-3-7-38-12-16-43-20-25(35)31-5-9-40-14-18-45-22-27(37)32-6-10-41-13-17-44-21-26(36)30-4-8-39-11-15-42-19-24(34)28-2/h3-22H2,1-2H3,(H,28,34)(H,29,33)(H,30,36)(H,31,35)(H,32,37). The molecule has 0 aliphatic rings. The zero-order valence-corrected chi connectivity index (χ0v) is 26.4. The quantitative estimate of drug-likeness (QED) is 0.0443. The Kier molecular flexibility index (Phi) is 30.3. The number of nitrogens with one attached hydrogen (secondary N) is 5. The van der Waals surface area contributed by atoms with E-state index in [9.17, 15) is 24.0 Å². The van der Waals surface area contributed by atoms with Gasteiger partial charge in [0.1, 0.15) is 26.4 Å². The lowest BCUT2D eigenvalue weighted by Gasteiger charge is -2.09. The fourth-order valence-electron chi connectivity index (χ4n) is 2.85. The smallest absolute Gasteiger partial charge is 0.246 e. The molecule has 0 aromatic rings. The van der Waals surface area contributed by atoms with Crippen molar-refractivity contribution < 1.29 is 61.9 Å². The van der Waals surface area contributed by atoms with E-state index in [4.69, 9.17) is 37.9 Å². The van der Waals surface area contributed by atoms with Crippen LogP contribution in [0.4, 0.5) is 0 Å². The summed E-state index contributed by atoms with van der Waals surface area (Å²) in [6.45, 7) is 5.84. The van der Waals surface area contributed by atoms with Gasteiger partial charge < -0.3 is 64.5 Å². The van der Waals surface area contributed by atoms with Crippen molar-refractivity contribution >= 4 is 29.5 Å². The van der Waals surface area contributed by atoms with Crippen molar-refractivity contribution in [1.82, 2.24) is 26.6 Å². The number of carbonyl (C=O) groups excluding carboxylic acids is 5. The van der Waals surface area contributed by atoms with E-state index >= 15 is 0 Å². The monoisotopic (exact) mass is 653 g/mol. The van der Waals surface area contributed by atoms with Gasteiger partial charge >= 0.3 is 0 Å². The zero-order valence-electron chi connectivity index (χ0n) is 26.4. The van der Waals surface area contributed by atoms with Gasteiger partial charge in [-0.3, -0.25) is 24.0 Å². The van der Waals surface area contributed by atoms with Crippen LogP contribution in [0.15, 0.2) is 0 Å². The third-order valence-electron chi connectivity index (χ3n) is 5.03. The summed E-state index contributed by atoms with van der Waals surface area (Å²) in [6.07, 6.45) is 0. The van der Waals surface area contributed by atoms with Gasteiger partial charge in [-0.05, 0) is 0 Å². The maximum Gasteiger partial charge on any atom is 0.246 e. The first-order valence-corrected chi connectivity index (χ1v) is 14.7. The van der Waals surface area contributed by atoms with E-state index in [0.29, 0.717) is 52.6 Å². The largest absolute Gasteiger partial charge is 0.377 e. The highest BCUT2D eigenvalue weighted by atomic mass is 16.5. The summed E-state index contributed by atoms with van der Waals surface area (Å²) in [5.41, 5.74) is 0. The van der Waals surface area contributed by atoms with Gasteiger partial charge in [0.2, 0.25) is 29.5 Å². The van der Waals surface area contributed by atoms with Gasteiger partial charge in [0.25, 0.3) is 0 Å². The first kappa shape index (κ1) is 42.0. The van der Waals surface area contributed by atoms with Crippen LogP contribution in [0.3, 0.4) is 0 Å². The topological polar surface area (TPSA) is 219 Å². The van der Waals surface area contributed by atoms with Crippen molar-refractivity contribution in [3.05, 3.63) is 0 Å². The highest BCUT2D eigenvalue weighted by molar-refractivity contribution is 5.78. The second kappa shape index (κ2) is 32.4. The average molecular weight is 654 g/mol. The van der Waals surface area contributed by atoms with Gasteiger partial charge in [-0.15, -0.1) is 0 Å². The first-order chi connectivity index (χ1) is 21.8. The maximum atomic E-state index is 11.8. The Morgan fingerprint density at radius 1 is 0.378 bits per heavy atom. The Bertz CT molecular complexity index is 792. The van der Waals surface area contributed by atoms with Crippen LogP contribution < -0.4 is 26.6 Å². The average Bonchev–Trinajstić information content (AvgIpc) is 3.01. The molecule has 0 aromatic carbocycles. The Balaban J connectivity index is 3.34. The highest BCUT2D eigenvalue weighted by Crippen LogP contribution is 1.84. The number of hydrogen-bond donors (Lipinski definition) is 5. The molecule has 0 unspecified atom stereocenters. The first-order valence-electron chi connectivity index (χ1n) is 14.7. The van der Waals surface area contributed by atoms with Gasteiger partial charge in [-0.25, -0.2) is 0 Å². The van der Waals surface area contributed by atoms with Gasteiger partial charge in [0.05, 0.1) is 79.3 Å². The Morgan fingerprint density at radius 2 is 0.644 bits per heavy atom. The van der Waals surface area contributed by atoms with Crippen molar-refractivity contribution in [2.45, 2.75) is 6.92 Å². The van der Waals surface area contributed by atoms with Crippen LogP contribution in [0.1, 0.15) is 6.92 Å². The minimum atomic E-state index is -0.294. The summed E-state index contributed by atoms with van der Waals surface area (Å²) in [5, 5.41) is 13.0. The summed E-state index contributed by atoms with van der Waals surface area (Å²) in [5.74, 6) is -1.18. The molecule has 5 N–H and O–H groups in total. The normalized spacial score (nSPS) is 10.7. The maximum absolute atomic E-state index is 11.8. The molecule has 0 rings (SSSR count). The van der Waals surface area contributed by atoms with Crippen molar-refractivity contribution in [2.24, 2.45) is 0 Å². The lowest BCUT2D eigenvalue weighted by atomic mass is 10.5. The summed E-state index contributed by atoms with van der Waals surface area (Å²) in [4.78, 5) is 56.8. The molecule has 0 aliphatic heterocycles. The van der Waals surface area contributed by atoms with Crippen molar-refractivity contribution in [3.63, 3.8) is 0 Å². The van der Waals surface area contributed by atoms with Gasteiger partial charge in [0.15, 0.2) is 0 Å². The summed E-state index contributed by atoms with van der Waals surface area (Å²) in [6, 6.07) is 0. The molecule has 0 aliphatic carbocycles. The number of ether oxygens (including phenoxy) is 8. The third-order valence-corrected chi connectivity index (χ3v) is 5.03. The Morgan fingerprint density at radius 3 is 0.933 bits per heavy atom. The van der Waals surface area contributed by atoms with E-state index < -0.39 is 0 Å². The molecule has 262 valence electrons. The minimum absolute atomic E-state index is 0.0209. The molecule has 0 aromatic heterocycles. The summed E-state index contributed by atoms with van der Waals surface area (Å²) >= 11 is 0. The van der Waals surface area contributed by atoms with E-state index in [0.717, 1.165) is 0 Å². The molecule has 0 spiro atoms. The SMILES string of the molecule is CNC(=O)COCCOCCNC(=O)COCCOCCNC(=O)COCCOCCNC(=O)COCCOCCNC(C)=O. The second-order valence-electron chi connectivity index (χ2n) is 8.87. The fraction of sp³-hybridized carbons (Fsp3) is 0.815. The fourth-order valence-corrected chi connectivity index (χ4v) is 2.85. The minimum Gasteiger partial charge on any atom is -0.377 e. The molecule has 0 heterocycles. The second-order valence-corrected chi connectivity index (χ2v) is 8.87. The molecule has 0 fully saturated rings. The number of likely N-dealkylation sites (N-methyl/N-ethyl adjacent to an activating group) is 1. The predicted molar refractivity (Wildman–Crippen MR) is 158 cm³/mol. The Hall–Kier alpha value is -2.97. The molecular formula is C27H51N5O13.